The third kappa shape index (κ3) is 3.31. The average molecular weight is 251 g/mol. The molecule has 8 heteroatoms. The molecule has 0 unspecified atom stereocenters. The van der Waals surface area contributed by atoms with Crippen LogP contribution in [0.5, 0.6) is 0 Å². The van der Waals surface area contributed by atoms with Gasteiger partial charge in [-0.15, -0.1) is 11.3 Å². The Balaban J connectivity index is 2.80. The third-order valence-electron chi connectivity index (χ3n) is 1.54. The van der Waals surface area contributed by atoms with Crippen LogP contribution >= 0.6 is 11.3 Å². The van der Waals surface area contributed by atoms with E-state index < -0.39 is 17.7 Å². The van der Waals surface area contributed by atoms with Gasteiger partial charge in [0.1, 0.15) is 15.6 Å². The fraction of sp³-hybridized carbons (Fsp3) is 0.250. The van der Waals surface area contributed by atoms with Crippen LogP contribution in [-0.2, 0) is 6.18 Å². The van der Waals surface area contributed by atoms with Gasteiger partial charge >= 0.3 is 6.18 Å². The summed E-state index contributed by atoms with van der Waals surface area (Å²) in [6.45, 7) is -0.419. The van der Waals surface area contributed by atoms with E-state index in [9.17, 15) is 13.2 Å². The molecule has 3 N–H and O–H groups in total. The number of thiophene rings is 1. The van der Waals surface area contributed by atoms with Gasteiger partial charge in [-0.2, -0.15) is 18.3 Å². The van der Waals surface area contributed by atoms with Crippen molar-refractivity contribution < 1.29 is 18.3 Å². The topological polar surface area (TPSA) is 71.0 Å². The number of nitrogens with zero attached hydrogens (tertiary/aromatic N) is 2. The number of aliphatic hydroxyl groups is 1. The summed E-state index contributed by atoms with van der Waals surface area (Å²) in [5.74, 6) is 4.88. The molecular formula is C8H8F3N3OS. The molecule has 1 aromatic heterocycles. The average Bonchev–Trinajstić information content (AvgIpc) is 2.67. The number of alkyl halides is 3. The maximum Gasteiger partial charge on any atom is 0.425 e. The van der Waals surface area contributed by atoms with Crippen molar-refractivity contribution in [2.75, 3.05) is 6.61 Å². The fourth-order valence-corrected chi connectivity index (χ4v) is 1.52. The zero-order chi connectivity index (χ0) is 12.2. The summed E-state index contributed by atoms with van der Waals surface area (Å²) in [7, 11) is 0. The number of hydrogen-bond donors (Lipinski definition) is 2. The highest BCUT2D eigenvalue weighted by Gasteiger charge is 2.32. The Labute approximate surface area is 92.9 Å². The Morgan fingerprint density at radius 3 is 2.62 bits per heavy atom. The van der Waals surface area contributed by atoms with Gasteiger partial charge in [0.05, 0.1) is 12.8 Å². The minimum Gasteiger partial charge on any atom is -0.390 e. The largest absolute Gasteiger partial charge is 0.425 e. The minimum atomic E-state index is -4.36. The molecule has 88 valence electrons. The summed E-state index contributed by atoms with van der Waals surface area (Å²) >= 11 is 0.502. The molecule has 1 rings (SSSR count). The van der Waals surface area contributed by atoms with Crippen LogP contribution in [0.4, 0.5) is 18.2 Å². The van der Waals surface area contributed by atoms with Crippen molar-refractivity contribution in [2.45, 2.75) is 6.18 Å². The number of halogens is 3. The fourth-order valence-electron chi connectivity index (χ4n) is 0.803. The van der Waals surface area contributed by atoms with Gasteiger partial charge in [-0.05, 0) is 12.1 Å². The van der Waals surface area contributed by atoms with Crippen molar-refractivity contribution in [1.29, 1.82) is 0 Å². The van der Waals surface area contributed by atoms with Crippen LogP contribution in [0.15, 0.2) is 22.2 Å². The van der Waals surface area contributed by atoms with Crippen molar-refractivity contribution in [3.8, 4) is 0 Å². The first-order chi connectivity index (χ1) is 7.47. The van der Waals surface area contributed by atoms with Crippen molar-refractivity contribution in [2.24, 2.45) is 15.9 Å². The zero-order valence-electron chi connectivity index (χ0n) is 7.90. The Morgan fingerprint density at radius 2 is 2.19 bits per heavy atom. The van der Waals surface area contributed by atoms with E-state index >= 15 is 0 Å². The number of aliphatic imine (C=N–C) groups is 1. The maximum atomic E-state index is 12.2. The van der Waals surface area contributed by atoms with Crippen LogP contribution in [0.1, 0.15) is 4.88 Å². The molecular weight excluding hydrogens is 243 g/mol. The van der Waals surface area contributed by atoms with Crippen molar-refractivity contribution in [3.05, 3.63) is 17.0 Å². The molecule has 0 bridgehead atoms. The van der Waals surface area contributed by atoms with E-state index in [1.54, 1.807) is 0 Å². The second-order valence-corrected chi connectivity index (χ2v) is 3.73. The van der Waals surface area contributed by atoms with Crippen LogP contribution in [0, 0.1) is 0 Å². The predicted octanol–water partition coefficient (Wildman–Crippen LogP) is 1.78. The van der Waals surface area contributed by atoms with Crippen molar-refractivity contribution in [1.82, 2.24) is 0 Å². The quantitative estimate of drug-likeness (QED) is 0.488. The maximum absolute atomic E-state index is 12.2. The van der Waals surface area contributed by atoms with Crippen molar-refractivity contribution in [3.63, 3.8) is 0 Å². The van der Waals surface area contributed by atoms with Gasteiger partial charge in [-0.25, -0.2) is 4.99 Å². The summed E-state index contributed by atoms with van der Waals surface area (Å²) in [5.41, 5.74) is 0.0851. The second-order valence-electron chi connectivity index (χ2n) is 2.67. The standard InChI is InChI=1S/C8H8F3N3OS/c9-8(10,11)6-1-2-7(16-6)13-3-5(4-15)14-12/h1-3,15H,4,12H2. The highest BCUT2D eigenvalue weighted by atomic mass is 32.1. The molecule has 0 aliphatic heterocycles. The Morgan fingerprint density at radius 1 is 1.50 bits per heavy atom. The van der Waals surface area contributed by atoms with E-state index in [1.807, 2.05) is 0 Å². The third-order valence-corrected chi connectivity index (χ3v) is 2.58. The molecule has 1 heterocycles. The van der Waals surface area contributed by atoms with Gasteiger partial charge in [-0.1, -0.05) is 0 Å². The smallest absolute Gasteiger partial charge is 0.390 e. The monoisotopic (exact) mass is 251 g/mol. The summed E-state index contributed by atoms with van der Waals surface area (Å²) in [5, 5.41) is 12.0. The SMILES string of the molecule is NN=C(C=Nc1ccc(C(F)(F)F)s1)CO. The lowest BCUT2D eigenvalue weighted by Gasteiger charge is -1.99. The molecule has 0 aliphatic rings. The molecule has 0 aromatic carbocycles. The second kappa shape index (κ2) is 5.08. The number of hydrazone groups is 1. The van der Waals surface area contributed by atoms with Crippen LogP contribution in [0.2, 0.25) is 0 Å². The molecule has 0 fully saturated rings. The lowest BCUT2D eigenvalue weighted by molar-refractivity contribution is -0.134. The van der Waals surface area contributed by atoms with E-state index in [0.29, 0.717) is 11.3 Å². The highest BCUT2D eigenvalue weighted by molar-refractivity contribution is 7.15. The van der Waals surface area contributed by atoms with Crippen molar-refractivity contribution >= 4 is 28.3 Å². The predicted molar refractivity (Wildman–Crippen MR) is 56.2 cm³/mol. The Hall–Kier alpha value is -1.41. The first-order valence-corrected chi connectivity index (χ1v) is 4.87. The number of hydrogen-bond acceptors (Lipinski definition) is 5. The summed E-state index contributed by atoms with van der Waals surface area (Å²) in [6, 6.07) is 2.17. The molecule has 0 amide bonds. The molecule has 1 aromatic rings. The molecule has 0 atom stereocenters. The van der Waals surface area contributed by atoms with Gasteiger partial charge < -0.3 is 10.9 Å². The minimum absolute atomic E-state index is 0.0851. The summed E-state index contributed by atoms with van der Waals surface area (Å²) < 4.78 is 36.6. The van der Waals surface area contributed by atoms with Crippen LogP contribution in [0.3, 0.4) is 0 Å². The van der Waals surface area contributed by atoms with Gasteiger partial charge in [0.25, 0.3) is 0 Å². The first kappa shape index (κ1) is 12.7. The normalized spacial score (nSPS) is 13.6. The molecule has 4 nitrogen and oxygen atoms in total. The Bertz CT molecular complexity index is 411. The molecule has 0 radical (unpaired) electrons. The summed E-state index contributed by atoms with van der Waals surface area (Å²) in [6.07, 6.45) is -3.24. The van der Waals surface area contributed by atoms with Crippen LogP contribution < -0.4 is 5.84 Å². The van der Waals surface area contributed by atoms with E-state index in [2.05, 4.69) is 10.1 Å². The highest BCUT2D eigenvalue weighted by Crippen LogP contribution is 2.37. The zero-order valence-corrected chi connectivity index (χ0v) is 8.72. The van der Waals surface area contributed by atoms with Gasteiger partial charge in [0.2, 0.25) is 0 Å². The van der Waals surface area contributed by atoms with Crippen LogP contribution in [-0.4, -0.2) is 23.6 Å². The van der Waals surface area contributed by atoms with Gasteiger partial charge in [-0.3, -0.25) is 0 Å². The van der Waals surface area contributed by atoms with Gasteiger partial charge in [0, 0.05) is 0 Å². The molecule has 0 saturated carbocycles. The Kier molecular flexibility index (Phi) is 4.02. The van der Waals surface area contributed by atoms with Crippen LogP contribution in [0.25, 0.3) is 0 Å². The lowest BCUT2D eigenvalue weighted by atomic mass is 10.4. The molecule has 0 aliphatic carbocycles. The van der Waals surface area contributed by atoms with Gasteiger partial charge in [0.15, 0.2) is 0 Å². The number of nitrogens with two attached hydrogens (primary N) is 1. The molecule has 0 spiro atoms. The number of aliphatic hydroxyl groups excluding tert-OH is 1. The lowest BCUT2D eigenvalue weighted by Crippen LogP contribution is -2.08. The summed E-state index contributed by atoms with van der Waals surface area (Å²) in [4.78, 5) is 2.98. The van der Waals surface area contributed by atoms with E-state index in [1.165, 1.54) is 6.07 Å². The van der Waals surface area contributed by atoms with E-state index in [4.69, 9.17) is 10.9 Å². The first-order valence-electron chi connectivity index (χ1n) is 4.06. The number of rotatable bonds is 3. The molecule has 16 heavy (non-hydrogen) atoms. The van der Waals surface area contributed by atoms with E-state index in [-0.39, 0.29) is 10.7 Å². The van der Waals surface area contributed by atoms with E-state index in [0.717, 1.165) is 12.3 Å². The molecule has 0 saturated heterocycles.